The van der Waals surface area contributed by atoms with Crippen molar-refractivity contribution >= 4 is 54.8 Å². The number of hydrogen-bond donors (Lipinski definition) is 2. The lowest BCUT2D eigenvalue weighted by Crippen LogP contribution is -2.19. The molecule has 0 atom stereocenters. The Morgan fingerprint density at radius 3 is 2.52 bits per heavy atom. The van der Waals surface area contributed by atoms with Crippen molar-refractivity contribution in [3.8, 4) is 5.75 Å². The SMILES string of the molecule is O=C(Cc1cccc2ccccc12)N/N=C/c1cc(Br)c(O)c(Br)c1. The largest absolute Gasteiger partial charge is 0.506 e. The van der Waals surface area contributed by atoms with Gasteiger partial charge < -0.3 is 5.11 Å². The minimum atomic E-state index is -0.190. The summed E-state index contributed by atoms with van der Waals surface area (Å²) >= 11 is 6.51. The number of carbonyl (C=O) groups is 1. The third-order valence-corrected chi connectivity index (χ3v) is 4.88. The lowest BCUT2D eigenvalue weighted by atomic mass is 10.0. The summed E-state index contributed by atoms with van der Waals surface area (Å²) in [5.41, 5.74) is 4.23. The minimum absolute atomic E-state index is 0.122. The summed E-state index contributed by atoms with van der Waals surface area (Å²) in [6, 6.07) is 17.3. The van der Waals surface area contributed by atoms with Gasteiger partial charge in [-0.25, -0.2) is 5.43 Å². The Balaban J connectivity index is 1.69. The highest BCUT2D eigenvalue weighted by atomic mass is 79.9. The molecule has 1 amide bonds. The van der Waals surface area contributed by atoms with Crippen LogP contribution >= 0.6 is 31.9 Å². The summed E-state index contributed by atoms with van der Waals surface area (Å²) in [6.07, 6.45) is 1.78. The standard InChI is InChI=1S/C19H14Br2N2O2/c20-16-8-12(9-17(21)19(16)25)11-22-23-18(24)10-14-6-3-5-13-4-1-2-7-15(13)14/h1-9,11,25H,10H2,(H,23,24)/b22-11+. The first-order valence-electron chi connectivity index (χ1n) is 7.51. The highest BCUT2D eigenvalue weighted by Gasteiger charge is 2.07. The molecule has 0 aliphatic rings. The van der Waals surface area contributed by atoms with E-state index in [2.05, 4.69) is 42.4 Å². The molecular formula is C19H14Br2N2O2. The molecular weight excluding hydrogens is 448 g/mol. The lowest BCUT2D eigenvalue weighted by Gasteiger charge is -2.05. The number of hydrogen-bond acceptors (Lipinski definition) is 3. The van der Waals surface area contributed by atoms with Crippen LogP contribution in [0.5, 0.6) is 5.75 Å². The van der Waals surface area contributed by atoms with Crippen molar-refractivity contribution < 1.29 is 9.90 Å². The fourth-order valence-corrected chi connectivity index (χ4v) is 3.72. The predicted molar refractivity (Wildman–Crippen MR) is 107 cm³/mol. The maximum absolute atomic E-state index is 12.2. The highest BCUT2D eigenvalue weighted by molar-refractivity contribution is 9.11. The molecule has 6 heteroatoms. The summed E-state index contributed by atoms with van der Waals surface area (Å²) in [6.45, 7) is 0. The molecule has 2 N–H and O–H groups in total. The average Bonchev–Trinajstić information content (AvgIpc) is 2.60. The number of fused-ring (bicyclic) bond motifs is 1. The normalized spacial score (nSPS) is 11.1. The second kappa shape index (κ2) is 7.80. The van der Waals surface area contributed by atoms with E-state index in [1.165, 1.54) is 6.21 Å². The number of phenols is 1. The van der Waals surface area contributed by atoms with Crippen LogP contribution in [0.3, 0.4) is 0 Å². The molecule has 0 heterocycles. The van der Waals surface area contributed by atoms with E-state index in [0.29, 0.717) is 8.95 Å². The molecule has 0 fully saturated rings. The van der Waals surface area contributed by atoms with Crippen molar-refractivity contribution in [1.82, 2.24) is 5.43 Å². The molecule has 25 heavy (non-hydrogen) atoms. The van der Waals surface area contributed by atoms with E-state index in [4.69, 9.17) is 0 Å². The zero-order valence-electron chi connectivity index (χ0n) is 13.0. The van der Waals surface area contributed by atoms with Crippen molar-refractivity contribution in [1.29, 1.82) is 0 Å². The van der Waals surface area contributed by atoms with Crippen molar-refractivity contribution in [2.75, 3.05) is 0 Å². The zero-order valence-corrected chi connectivity index (χ0v) is 16.2. The highest BCUT2D eigenvalue weighted by Crippen LogP contribution is 2.32. The molecule has 0 saturated carbocycles. The van der Waals surface area contributed by atoms with Crippen molar-refractivity contribution in [3.05, 3.63) is 74.7 Å². The van der Waals surface area contributed by atoms with E-state index < -0.39 is 0 Å². The molecule has 0 radical (unpaired) electrons. The topological polar surface area (TPSA) is 61.7 Å². The molecule has 3 aromatic carbocycles. The Bertz CT molecular complexity index is 942. The van der Waals surface area contributed by atoms with Crippen LogP contribution < -0.4 is 5.43 Å². The first-order chi connectivity index (χ1) is 12.0. The van der Waals surface area contributed by atoms with Gasteiger partial charge >= 0.3 is 0 Å². The van der Waals surface area contributed by atoms with Crippen LogP contribution in [0.25, 0.3) is 10.8 Å². The summed E-state index contributed by atoms with van der Waals surface area (Å²) < 4.78 is 1.09. The van der Waals surface area contributed by atoms with E-state index in [1.807, 2.05) is 42.5 Å². The average molecular weight is 462 g/mol. The van der Waals surface area contributed by atoms with Crippen LogP contribution in [0, 0.1) is 0 Å². The van der Waals surface area contributed by atoms with Crippen molar-refractivity contribution in [2.45, 2.75) is 6.42 Å². The summed E-state index contributed by atoms with van der Waals surface area (Å²) in [5, 5.41) is 15.8. The number of amides is 1. The van der Waals surface area contributed by atoms with Gasteiger partial charge in [0.2, 0.25) is 5.91 Å². The molecule has 0 spiro atoms. The Hall–Kier alpha value is -2.18. The number of halogens is 2. The van der Waals surface area contributed by atoms with Crippen molar-refractivity contribution in [2.24, 2.45) is 5.10 Å². The Morgan fingerprint density at radius 2 is 1.76 bits per heavy atom. The summed E-state index contributed by atoms with van der Waals surface area (Å²) in [4.78, 5) is 12.2. The van der Waals surface area contributed by atoms with Gasteiger partial charge in [0, 0.05) is 0 Å². The van der Waals surface area contributed by atoms with Gasteiger partial charge in [-0.05, 0) is 65.9 Å². The van der Waals surface area contributed by atoms with E-state index >= 15 is 0 Å². The van der Waals surface area contributed by atoms with Crippen LogP contribution in [0.2, 0.25) is 0 Å². The Kier molecular flexibility index (Phi) is 5.50. The number of nitrogens with zero attached hydrogens (tertiary/aromatic N) is 1. The fourth-order valence-electron chi connectivity index (χ4n) is 2.50. The maximum atomic E-state index is 12.2. The number of rotatable bonds is 4. The molecule has 3 aromatic rings. The van der Waals surface area contributed by atoms with Gasteiger partial charge in [-0.3, -0.25) is 4.79 Å². The molecule has 3 rings (SSSR count). The molecule has 126 valence electrons. The molecule has 0 aliphatic heterocycles. The number of phenolic OH excluding ortho intramolecular Hbond substituents is 1. The van der Waals surface area contributed by atoms with Gasteiger partial charge in [-0.1, -0.05) is 42.5 Å². The second-order valence-corrected chi connectivity index (χ2v) is 7.15. The quantitative estimate of drug-likeness (QED) is 0.434. The third kappa shape index (κ3) is 4.27. The maximum Gasteiger partial charge on any atom is 0.244 e. The van der Waals surface area contributed by atoms with Gasteiger partial charge in [0.1, 0.15) is 5.75 Å². The van der Waals surface area contributed by atoms with E-state index in [9.17, 15) is 9.90 Å². The number of aromatic hydroxyl groups is 1. The molecule has 0 bridgehead atoms. The van der Waals surface area contributed by atoms with Crippen LogP contribution in [0.15, 0.2) is 68.6 Å². The molecule has 0 unspecified atom stereocenters. The monoisotopic (exact) mass is 460 g/mol. The van der Waals surface area contributed by atoms with Gasteiger partial charge in [0.15, 0.2) is 0 Å². The van der Waals surface area contributed by atoms with E-state index in [0.717, 1.165) is 21.9 Å². The zero-order chi connectivity index (χ0) is 17.8. The second-order valence-electron chi connectivity index (χ2n) is 5.44. The predicted octanol–water partition coefficient (Wildman–Crippen LogP) is 4.76. The van der Waals surface area contributed by atoms with Gasteiger partial charge in [-0.2, -0.15) is 5.10 Å². The van der Waals surface area contributed by atoms with Gasteiger partial charge in [-0.15, -0.1) is 0 Å². The number of benzene rings is 3. The Morgan fingerprint density at radius 1 is 1.08 bits per heavy atom. The number of carbonyl (C=O) groups excluding carboxylic acids is 1. The lowest BCUT2D eigenvalue weighted by molar-refractivity contribution is -0.120. The number of nitrogens with one attached hydrogen (secondary N) is 1. The van der Waals surface area contributed by atoms with Gasteiger partial charge in [0.25, 0.3) is 0 Å². The summed E-state index contributed by atoms with van der Waals surface area (Å²) in [7, 11) is 0. The van der Waals surface area contributed by atoms with Crippen LogP contribution in [-0.2, 0) is 11.2 Å². The summed E-state index contributed by atoms with van der Waals surface area (Å²) in [5.74, 6) is -0.0679. The first-order valence-corrected chi connectivity index (χ1v) is 9.10. The van der Waals surface area contributed by atoms with E-state index in [-0.39, 0.29) is 18.1 Å². The van der Waals surface area contributed by atoms with Crippen LogP contribution in [0.1, 0.15) is 11.1 Å². The minimum Gasteiger partial charge on any atom is -0.506 e. The smallest absolute Gasteiger partial charge is 0.244 e. The number of hydrazone groups is 1. The molecule has 0 saturated heterocycles. The first kappa shape index (κ1) is 17.6. The van der Waals surface area contributed by atoms with Gasteiger partial charge in [0.05, 0.1) is 21.6 Å². The third-order valence-electron chi connectivity index (χ3n) is 3.67. The van der Waals surface area contributed by atoms with Crippen LogP contribution in [0.4, 0.5) is 0 Å². The van der Waals surface area contributed by atoms with Crippen LogP contribution in [-0.4, -0.2) is 17.2 Å². The molecule has 4 nitrogen and oxygen atoms in total. The fraction of sp³-hybridized carbons (Fsp3) is 0.0526. The Labute approximate surface area is 161 Å². The molecule has 0 aromatic heterocycles. The van der Waals surface area contributed by atoms with Crippen molar-refractivity contribution in [3.63, 3.8) is 0 Å². The molecule has 0 aliphatic carbocycles. The van der Waals surface area contributed by atoms with E-state index in [1.54, 1.807) is 12.1 Å².